The minimum atomic E-state index is -0.879. The molecule has 2 rings (SSSR count). The standard InChI is InChI=1S/2C7H6O2.Ca/c2*8-7(9)6-4-2-1-3-5-6;/h2*1-5H,(H,8,9);/q;;+2. The summed E-state index contributed by atoms with van der Waals surface area (Å²) < 4.78 is 0. The van der Waals surface area contributed by atoms with Crippen molar-refractivity contribution in [2.24, 2.45) is 0 Å². The Bertz CT molecular complexity index is 462. The number of carboxylic acids is 2. The molecule has 0 saturated heterocycles. The van der Waals surface area contributed by atoms with E-state index in [-0.39, 0.29) is 37.7 Å². The maximum atomic E-state index is 10.2. The van der Waals surface area contributed by atoms with E-state index in [0.29, 0.717) is 11.1 Å². The third-order valence-corrected chi connectivity index (χ3v) is 2.04. The monoisotopic (exact) mass is 284 g/mol. The van der Waals surface area contributed by atoms with Crippen LogP contribution in [-0.4, -0.2) is 59.9 Å². The van der Waals surface area contributed by atoms with E-state index < -0.39 is 11.9 Å². The first kappa shape index (κ1) is 17.6. The predicted molar refractivity (Wildman–Crippen MR) is 72.6 cm³/mol. The smallest absolute Gasteiger partial charge is 0.478 e. The van der Waals surface area contributed by atoms with E-state index in [0.717, 1.165) is 0 Å². The van der Waals surface area contributed by atoms with E-state index >= 15 is 0 Å². The van der Waals surface area contributed by atoms with E-state index in [2.05, 4.69) is 0 Å². The van der Waals surface area contributed by atoms with Crippen LogP contribution in [0.4, 0.5) is 0 Å². The topological polar surface area (TPSA) is 74.6 Å². The molecule has 0 amide bonds. The molecular formula is C14H12CaO4+2. The summed E-state index contributed by atoms with van der Waals surface area (Å²) in [7, 11) is 0. The summed E-state index contributed by atoms with van der Waals surface area (Å²) in [5, 5.41) is 16.8. The molecule has 0 aliphatic carbocycles. The summed E-state index contributed by atoms with van der Waals surface area (Å²) in [5.41, 5.74) is 0.662. The molecule has 0 unspecified atom stereocenters. The molecule has 2 aromatic rings. The zero-order valence-corrected chi connectivity index (χ0v) is 12.4. The summed E-state index contributed by atoms with van der Waals surface area (Å²) in [6.45, 7) is 0. The molecule has 0 aliphatic heterocycles. The Balaban J connectivity index is 0.000000324. The van der Waals surface area contributed by atoms with Crippen LogP contribution in [0.2, 0.25) is 0 Å². The van der Waals surface area contributed by atoms with Gasteiger partial charge in [-0.05, 0) is 24.3 Å². The molecule has 0 fully saturated rings. The molecule has 0 heterocycles. The van der Waals surface area contributed by atoms with E-state index in [4.69, 9.17) is 10.2 Å². The van der Waals surface area contributed by atoms with Crippen LogP contribution in [0, 0.1) is 0 Å². The van der Waals surface area contributed by atoms with Crippen LogP contribution >= 0.6 is 0 Å². The Hall–Kier alpha value is -1.36. The van der Waals surface area contributed by atoms with Gasteiger partial charge in [0, 0.05) is 0 Å². The molecular weight excluding hydrogens is 272 g/mol. The van der Waals surface area contributed by atoms with Gasteiger partial charge in [-0.1, -0.05) is 36.4 Å². The fourth-order valence-corrected chi connectivity index (χ4v) is 1.16. The van der Waals surface area contributed by atoms with Crippen molar-refractivity contribution in [2.45, 2.75) is 0 Å². The van der Waals surface area contributed by atoms with Crippen LogP contribution in [0.1, 0.15) is 20.7 Å². The molecule has 5 heteroatoms. The molecule has 92 valence electrons. The molecule has 2 N–H and O–H groups in total. The Morgan fingerprint density at radius 3 is 1.05 bits per heavy atom. The van der Waals surface area contributed by atoms with Crippen LogP contribution in [0.3, 0.4) is 0 Å². The average Bonchev–Trinajstić information content (AvgIpc) is 2.41. The van der Waals surface area contributed by atoms with Crippen LogP contribution in [0.5, 0.6) is 0 Å². The van der Waals surface area contributed by atoms with E-state index in [1.807, 2.05) is 0 Å². The number of hydrogen-bond donors (Lipinski definition) is 2. The van der Waals surface area contributed by atoms with Crippen molar-refractivity contribution >= 4 is 49.7 Å². The van der Waals surface area contributed by atoms with Gasteiger partial charge >= 0.3 is 49.7 Å². The SMILES string of the molecule is O=C(O)c1ccccc1.O=C(O)c1ccccc1.[Ca+2]. The van der Waals surface area contributed by atoms with Gasteiger partial charge in [-0.15, -0.1) is 0 Å². The van der Waals surface area contributed by atoms with Gasteiger partial charge in [0.25, 0.3) is 0 Å². The van der Waals surface area contributed by atoms with Crippen molar-refractivity contribution in [3.63, 3.8) is 0 Å². The van der Waals surface area contributed by atoms with E-state index in [1.54, 1.807) is 60.7 Å². The van der Waals surface area contributed by atoms with Gasteiger partial charge < -0.3 is 10.2 Å². The van der Waals surface area contributed by atoms with Crippen molar-refractivity contribution in [1.29, 1.82) is 0 Å². The van der Waals surface area contributed by atoms with E-state index in [9.17, 15) is 9.59 Å². The zero-order chi connectivity index (χ0) is 13.4. The normalized spacial score (nSPS) is 8.42. The Morgan fingerprint density at radius 1 is 0.632 bits per heavy atom. The number of rotatable bonds is 2. The van der Waals surface area contributed by atoms with Crippen LogP contribution < -0.4 is 0 Å². The van der Waals surface area contributed by atoms with Crippen LogP contribution in [0.15, 0.2) is 60.7 Å². The third kappa shape index (κ3) is 6.96. The van der Waals surface area contributed by atoms with Gasteiger partial charge in [0.1, 0.15) is 0 Å². The largest absolute Gasteiger partial charge is 2.00 e. The second-order valence-electron chi connectivity index (χ2n) is 3.34. The Morgan fingerprint density at radius 2 is 0.895 bits per heavy atom. The Labute approximate surface area is 140 Å². The van der Waals surface area contributed by atoms with Gasteiger partial charge in [0.05, 0.1) is 11.1 Å². The summed E-state index contributed by atoms with van der Waals surface area (Å²) in [4.78, 5) is 20.4. The minimum Gasteiger partial charge on any atom is -0.478 e. The number of aromatic carboxylic acids is 2. The van der Waals surface area contributed by atoms with Gasteiger partial charge in [0.15, 0.2) is 0 Å². The summed E-state index contributed by atoms with van der Waals surface area (Å²) >= 11 is 0. The summed E-state index contributed by atoms with van der Waals surface area (Å²) in [6.07, 6.45) is 0. The van der Waals surface area contributed by atoms with Crippen molar-refractivity contribution < 1.29 is 19.8 Å². The summed E-state index contributed by atoms with van der Waals surface area (Å²) in [5.74, 6) is -1.76. The molecule has 0 atom stereocenters. The van der Waals surface area contributed by atoms with E-state index in [1.165, 1.54) is 0 Å². The first-order valence-electron chi connectivity index (χ1n) is 5.18. The number of carbonyl (C=O) groups is 2. The minimum absolute atomic E-state index is 0. The third-order valence-electron chi connectivity index (χ3n) is 2.04. The van der Waals surface area contributed by atoms with Gasteiger partial charge in [-0.2, -0.15) is 0 Å². The molecule has 0 aromatic heterocycles. The number of benzene rings is 2. The maximum Gasteiger partial charge on any atom is 2.00 e. The molecule has 2 aromatic carbocycles. The molecule has 19 heavy (non-hydrogen) atoms. The second kappa shape index (κ2) is 9.55. The van der Waals surface area contributed by atoms with Crippen molar-refractivity contribution in [1.82, 2.24) is 0 Å². The predicted octanol–water partition coefficient (Wildman–Crippen LogP) is 2.39. The number of carboxylic acid groups (broad SMARTS) is 2. The second-order valence-corrected chi connectivity index (χ2v) is 3.34. The van der Waals surface area contributed by atoms with Crippen LogP contribution in [-0.2, 0) is 0 Å². The quantitative estimate of drug-likeness (QED) is 0.830. The number of hydrogen-bond acceptors (Lipinski definition) is 2. The molecule has 0 aliphatic rings. The van der Waals surface area contributed by atoms with Gasteiger partial charge in [-0.25, -0.2) is 9.59 Å². The van der Waals surface area contributed by atoms with Gasteiger partial charge in [0.2, 0.25) is 0 Å². The average molecular weight is 284 g/mol. The Kier molecular flexibility index (Phi) is 8.87. The zero-order valence-electron chi connectivity index (χ0n) is 10.2. The molecule has 0 saturated carbocycles. The molecule has 0 spiro atoms. The first-order valence-corrected chi connectivity index (χ1v) is 5.18. The molecule has 0 radical (unpaired) electrons. The first-order chi connectivity index (χ1) is 8.61. The fraction of sp³-hybridized carbons (Fsp3) is 0. The maximum absolute atomic E-state index is 10.2. The summed E-state index contributed by atoms with van der Waals surface area (Å²) in [6, 6.07) is 16.6. The van der Waals surface area contributed by atoms with Gasteiger partial charge in [-0.3, -0.25) is 0 Å². The fourth-order valence-electron chi connectivity index (χ4n) is 1.16. The molecule has 0 bridgehead atoms. The van der Waals surface area contributed by atoms with Crippen molar-refractivity contribution in [3.8, 4) is 0 Å². The van der Waals surface area contributed by atoms with Crippen molar-refractivity contribution in [2.75, 3.05) is 0 Å². The van der Waals surface area contributed by atoms with Crippen molar-refractivity contribution in [3.05, 3.63) is 71.8 Å². The molecule has 4 nitrogen and oxygen atoms in total. The van der Waals surface area contributed by atoms with Crippen LogP contribution in [0.25, 0.3) is 0 Å².